The van der Waals surface area contributed by atoms with Gasteiger partial charge in [-0.2, -0.15) is 0 Å². The first-order valence-electron chi connectivity index (χ1n) is 15.0. The fourth-order valence-corrected chi connectivity index (χ4v) is 6.32. The van der Waals surface area contributed by atoms with Crippen molar-refractivity contribution in [3.05, 3.63) is 63.8 Å². The molecule has 0 bridgehead atoms. The Kier molecular flexibility index (Phi) is 10.1. The molecule has 8 nitrogen and oxygen atoms in total. The van der Waals surface area contributed by atoms with Crippen molar-refractivity contribution < 1.29 is 19.1 Å². The van der Waals surface area contributed by atoms with Gasteiger partial charge in [0.15, 0.2) is 5.78 Å². The van der Waals surface area contributed by atoms with Crippen LogP contribution in [0.3, 0.4) is 0 Å². The van der Waals surface area contributed by atoms with Crippen LogP contribution in [-0.2, 0) is 20.8 Å². The van der Waals surface area contributed by atoms with Crippen LogP contribution in [0.5, 0.6) is 0 Å². The molecule has 42 heavy (non-hydrogen) atoms. The summed E-state index contributed by atoms with van der Waals surface area (Å²) in [5, 5.41) is 3.11. The van der Waals surface area contributed by atoms with Gasteiger partial charge in [-0.25, -0.2) is 4.99 Å². The number of nitrogens with zero attached hydrogens (tertiary/aromatic N) is 3. The Morgan fingerprint density at radius 1 is 1.05 bits per heavy atom. The molecule has 0 aromatic heterocycles. The maximum absolute atomic E-state index is 13.7. The van der Waals surface area contributed by atoms with Gasteiger partial charge in [-0.05, 0) is 68.0 Å². The fourth-order valence-electron chi connectivity index (χ4n) is 6.01. The molecule has 0 aliphatic carbocycles. The number of halogens is 1. The Morgan fingerprint density at radius 3 is 2.40 bits per heavy atom. The molecule has 0 spiro atoms. The summed E-state index contributed by atoms with van der Waals surface area (Å²) in [7, 11) is 0. The molecule has 0 radical (unpaired) electrons. The van der Waals surface area contributed by atoms with E-state index in [-0.39, 0.29) is 29.8 Å². The number of Topliss-reactive ketones (excluding diaryl/α,β-unsaturated/α-hetero) is 1. The lowest BCUT2D eigenvalue weighted by Gasteiger charge is -2.37. The zero-order valence-corrected chi connectivity index (χ0v) is 25.6. The van der Waals surface area contributed by atoms with Gasteiger partial charge in [0, 0.05) is 75.4 Å². The van der Waals surface area contributed by atoms with Gasteiger partial charge < -0.3 is 19.7 Å². The van der Waals surface area contributed by atoms with E-state index in [0.717, 1.165) is 87.8 Å². The topological polar surface area (TPSA) is 83.5 Å². The molecule has 0 unspecified atom stereocenters. The lowest BCUT2D eigenvalue weighted by molar-refractivity contribution is -0.114. The van der Waals surface area contributed by atoms with Crippen molar-refractivity contribution in [2.75, 3.05) is 57.5 Å². The molecule has 3 heterocycles. The lowest BCUT2D eigenvalue weighted by atomic mass is 9.94. The average Bonchev–Trinajstić information content (AvgIpc) is 2.99. The molecule has 0 atom stereocenters. The quantitative estimate of drug-likeness (QED) is 0.407. The van der Waals surface area contributed by atoms with Gasteiger partial charge in [0.05, 0.1) is 18.8 Å². The second kappa shape index (κ2) is 14.0. The Labute approximate surface area is 253 Å². The van der Waals surface area contributed by atoms with Gasteiger partial charge in [0.1, 0.15) is 5.16 Å². The molecule has 1 N–H and O–H groups in total. The van der Waals surface area contributed by atoms with Gasteiger partial charge in [-0.1, -0.05) is 35.9 Å². The second-order valence-corrected chi connectivity index (χ2v) is 11.6. The van der Waals surface area contributed by atoms with E-state index in [1.165, 1.54) is 5.56 Å². The molecular formula is C33H41ClN4O4. The summed E-state index contributed by atoms with van der Waals surface area (Å²) >= 11 is 6.28. The number of nitrogens with one attached hydrogen (secondary N) is 1. The number of hydrogen-bond donors (Lipinski definition) is 1. The number of hydrogen-bond acceptors (Lipinski definition) is 7. The smallest absolute Gasteiger partial charge is 0.251 e. The number of aliphatic imine (C=N–C) groups is 1. The highest BCUT2D eigenvalue weighted by molar-refractivity contribution is 6.34. The predicted octanol–water partition coefficient (Wildman–Crippen LogP) is 5.11. The van der Waals surface area contributed by atoms with E-state index in [0.29, 0.717) is 22.9 Å². The van der Waals surface area contributed by atoms with E-state index < -0.39 is 0 Å². The van der Waals surface area contributed by atoms with Crippen LogP contribution in [0, 0.1) is 6.92 Å². The van der Waals surface area contributed by atoms with E-state index in [1.807, 2.05) is 13.0 Å². The van der Waals surface area contributed by atoms with Gasteiger partial charge >= 0.3 is 0 Å². The molecule has 1 amide bonds. The zero-order valence-electron chi connectivity index (χ0n) is 24.9. The normalized spacial score (nSPS) is 18.7. The van der Waals surface area contributed by atoms with Gasteiger partial charge in [0.25, 0.3) is 5.91 Å². The lowest BCUT2D eigenvalue weighted by Crippen LogP contribution is -2.40. The van der Waals surface area contributed by atoms with Crippen molar-refractivity contribution in [1.29, 1.82) is 0 Å². The molecule has 5 rings (SSSR count). The molecule has 0 saturated carbocycles. The highest BCUT2D eigenvalue weighted by atomic mass is 35.5. The summed E-state index contributed by atoms with van der Waals surface area (Å²) in [6.07, 6.45) is 2.12. The Hall–Kier alpha value is -3.04. The number of ether oxygens (including phenoxy) is 2. The van der Waals surface area contributed by atoms with Crippen molar-refractivity contribution in [3.8, 4) is 11.1 Å². The van der Waals surface area contributed by atoms with Crippen LogP contribution in [0.15, 0.2) is 52.1 Å². The summed E-state index contributed by atoms with van der Waals surface area (Å²) in [6, 6.07) is 13.1. The van der Waals surface area contributed by atoms with E-state index >= 15 is 0 Å². The van der Waals surface area contributed by atoms with E-state index in [9.17, 15) is 9.59 Å². The zero-order chi connectivity index (χ0) is 29.6. The number of ketones is 1. The molecule has 2 fully saturated rings. The minimum Gasteiger partial charge on any atom is -0.381 e. The van der Waals surface area contributed by atoms with Crippen molar-refractivity contribution in [1.82, 2.24) is 10.2 Å². The number of anilines is 1. The molecule has 2 saturated heterocycles. The monoisotopic (exact) mass is 592 g/mol. The summed E-state index contributed by atoms with van der Waals surface area (Å²) < 4.78 is 11.1. The van der Waals surface area contributed by atoms with Crippen molar-refractivity contribution in [2.24, 2.45) is 4.99 Å². The van der Waals surface area contributed by atoms with Crippen LogP contribution in [0.1, 0.15) is 54.6 Å². The average molecular weight is 593 g/mol. The standard InChI is InChI=1S/C33H41ClN4O4/c1-4-38(27-9-13-41-14-10-27)30-19-26(25-7-5-24(6-8-25)21-37-11-15-42-16-12-37)18-28(23(30)3)33(40)35-20-29-31(39)17-22(2)36-32(29)34/h5-8,18-19,27H,4,9-17,20-21H2,1-3H3,(H,35,40). The van der Waals surface area contributed by atoms with E-state index in [4.69, 9.17) is 21.1 Å². The fraction of sp³-hybridized carbons (Fsp3) is 0.485. The van der Waals surface area contributed by atoms with Crippen LogP contribution in [0.2, 0.25) is 0 Å². The summed E-state index contributed by atoms with van der Waals surface area (Å²) in [5.74, 6) is -0.341. The first kappa shape index (κ1) is 30.4. The Morgan fingerprint density at radius 2 is 1.74 bits per heavy atom. The first-order chi connectivity index (χ1) is 20.3. The van der Waals surface area contributed by atoms with Crippen LogP contribution in [-0.4, -0.2) is 81.0 Å². The van der Waals surface area contributed by atoms with Gasteiger partial charge in [0.2, 0.25) is 0 Å². The van der Waals surface area contributed by atoms with Crippen LogP contribution in [0.25, 0.3) is 11.1 Å². The summed E-state index contributed by atoms with van der Waals surface area (Å²) in [4.78, 5) is 35.3. The van der Waals surface area contributed by atoms with Gasteiger partial charge in [-0.15, -0.1) is 0 Å². The van der Waals surface area contributed by atoms with Crippen molar-refractivity contribution in [2.45, 2.75) is 52.6 Å². The predicted molar refractivity (Wildman–Crippen MR) is 168 cm³/mol. The third-order valence-corrected chi connectivity index (χ3v) is 8.73. The highest BCUT2D eigenvalue weighted by Gasteiger charge is 2.26. The third-order valence-electron chi connectivity index (χ3n) is 8.42. The van der Waals surface area contributed by atoms with Crippen molar-refractivity contribution >= 4 is 34.7 Å². The van der Waals surface area contributed by atoms with Crippen molar-refractivity contribution in [3.63, 3.8) is 0 Å². The number of benzene rings is 2. The molecular weight excluding hydrogens is 552 g/mol. The largest absolute Gasteiger partial charge is 0.381 e. The summed E-state index contributed by atoms with van der Waals surface area (Å²) in [5.41, 5.74) is 6.86. The maximum atomic E-state index is 13.7. The Bertz CT molecular complexity index is 1360. The van der Waals surface area contributed by atoms with Gasteiger partial charge in [-0.3, -0.25) is 14.5 Å². The maximum Gasteiger partial charge on any atom is 0.251 e. The van der Waals surface area contributed by atoms with Crippen LogP contribution < -0.4 is 10.2 Å². The minimum atomic E-state index is -0.237. The number of carbonyl (C=O) groups excluding carboxylic acids is 2. The number of amides is 1. The highest BCUT2D eigenvalue weighted by Crippen LogP contribution is 2.34. The van der Waals surface area contributed by atoms with E-state index in [1.54, 1.807) is 6.92 Å². The first-order valence-corrected chi connectivity index (χ1v) is 15.3. The molecule has 224 valence electrons. The van der Waals surface area contributed by atoms with E-state index in [2.05, 4.69) is 57.4 Å². The molecule has 9 heteroatoms. The molecule has 2 aromatic rings. The summed E-state index contributed by atoms with van der Waals surface area (Å²) in [6.45, 7) is 12.6. The Balaban J connectivity index is 1.45. The van der Waals surface area contributed by atoms with Crippen LogP contribution in [0.4, 0.5) is 5.69 Å². The third kappa shape index (κ3) is 7.11. The SMILES string of the molecule is CCN(c1cc(-c2ccc(CN3CCOCC3)cc2)cc(C(=O)NCC2=C(Cl)N=C(C)CC2=O)c1C)C1CCOCC1. The molecule has 2 aromatic carbocycles. The number of carbonyl (C=O) groups is 2. The minimum absolute atomic E-state index is 0.0416. The second-order valence-electron chi connectivity index (χ2n) is 11.3. The number of rotatable bonds is 9. The van der Waals surface area contributed by atoms with Crippen LogP contribution >= 0.6 is 11.6 Å². The molecule has 3 aliphatic heterocycles. The molecule has 3 aliphatic rings. The number of morpholine rings is 1.